The van der Waals surface area contributed by atoms with Crippen LogP contribution < -0.4 is 0 Å². The lowest BCUT2D eigenvalue weighted by Gasteiger charge is -2.14. The average Bonchev–Trinajstić information content (AvgIpc) is 2.75. The second-order valence-electron chi connectivity index (χ2n) is 5.14. The van der Waals surface area contributed by atoms with Gasteiger partial charge in [-0.3, -0.25) is 0 Å². The fourth-order valence-electron chi connectivity index (χ4n) is 2.00. The Labute approximate surface area is 135 Å². The molecule has 1 aromatic heterocycles. The molecule has 2 rings (SSSR count). The second kappa shape index (κ2) is 6.83. The summed E-state index contributed by atoms with van der Waals surface area (Å²) < 4.78 is 3.72. The molecule has 0 aliphatic heterocycles. The molecule has 0 radical (unpaired) electrons. The minimum absolute atomic E-state index is 0.451. The van der Waals surface area contributed by atoms with Crippen LogP contribution >= 0.6 is 31.9 Å². The second-order valence-corrected chi connectivity index (χ2v) is 6.91. The zero-order chi connectivity index (χ0) is 14.7. The molecule has 0 spiro atoms. The number of hydrogen-bond donors (Lipinski definition) is 1. The van der Waals surface area contributed by atoms with E-state index in [4.69, 9.17) is 0 Å². The van der Waals surface area contributed by atoms with Gasteiger partial charge >= 0.3 is 0 Å². The minimum atomic E-state index is -0.604. The molecule has 6 heteroatoms. The van der Waals surface area contributed by atoms with Crippen molar-refractivity contribution in [2.24, 2.45) is 5.92 Å². The number of aromatic nitrogens is 3. The van der Waals surface area contributed by atoms with Gasteiger partial charge < -0.3 is 5.11 Å². The molecule has 1 unspecified atom stereocenters. The van der Waals surface area contributed by atoms with Crippen molar-refractivity contribution in [1.82, 2.24) is 14.8 Å². The summed E-state index contributed by atoms with van der Waals surface area (Å²) in [6.45, 7) is 5.07. The highest BCUT2D eigenvalue weighted by Crippen LogP contribution is 2.28. The van der Waals surface area contributed by atoms with E-state index in [9.17, 15) is 5.11 Å². The van der Waals surface area contributed by atoms with Crippen LogP contribution in [-0.4, -0.2) is 19.9 Å². The summed E-state index contributed by atoms with van der Waals surface area (Å²) in [7, 11) is 0. The molecule has 0 aliphatic carbocycles. The van der Waals surface area contributed by atoms with Gasteiger partial charge in [0.1, 0.15) is 12.2 Å². The molecular weight excluding hydrogens is 386 g/mol. The van der Waals surface area contributed by atoms with Gasteiger partial charge in [-0.25, -0.2) is 9.67 Å². The molecule has 1 N–H and O–H groups in total. The van der Waals surface area contributed by atoms with Crippen molar-refractivity contribution in [3.63, 3.8) is 0 Å². The van der Waals surface area contributed by atoms with Gasteiger partial charge in [0.05, 0.1) is 6.10 Å². The van der Waals surface area contributed by atoms with E-state index in [1.54, 1.807) is 6.33 Å². The Balaban J connectivity index is 2.15. The fourth-order valence-corrected chi connectivity index (χ4v) is 3.31. The largest absolute Gasteiger partial charge is 0.388 e. The molecule has 0 saturated carbocycles. The molecule has 20 heavy (non-hydrogen) atoms. The van der Waals surface area contributed by atoms with Gasteiger partial charge in [-0.15, -0.1) is 0 Å². The highest BCUT2D eigenvalue weighted by Gasteiger charge is 2.16. The van der Waals surface area contributed by atoms with Crippen LogP contribution in [0.3, 0.4) is 0 Å². The van der Waals surface area contributed by atoms with E-state index in [0.29, 0.717) is 12.3 Å². The summed E-state index contributed by atoms with van der Waals surface area (Å²) in [4.78, 5) is 4.25. The lowest BCUT2D eigenvalue weighted by Crippen LogP contribution is -2.13. The van der Waals surface area contributed by atoms with Crippen LogP contribution in [0.1, 0.15) is 31.3 Å². The molecule has 0 saturated heterocycles. The van der Waals surface area contributed by atoms with Gasteiger partial charge in [-0.1, -0.05) is 51.8 Å². The third kappa shape index (κ3) is 3.90. The predicted octanol–water partition coefficient (Wildman–Crippen LogP) is 3.74. The van der Waals surface area contributed by atoms with E-state index < -0.39 is 6.10 Å². The van der Waals surface area contributed by atoms with E-state index in [-0.39, 0.29) is 0 Å². The van der Waals surface area contributed by atoms with Gasteiger partial charge in [0.15, 0.2) is 0 Å². The van der Waals surface area contributed by atoms with Crippen molar-refractivity contribution in [3.8, 4) is 0 Å². The summed E-state index contributed by atoms with van der Waals surface area (Å²) in [6.07, 6.45) is 1.39. The standard InChI is InChI=1S/C14H17Br2N3O/c1-9(2)7-19-14(17-8-18-19)6-13(20)11-4-3-10(15)5-12(11)16/h3-5,8-9,13,20H,6-7H2,1-2H3. The van der Waals surface area contributed by atoms with Crippen molar-refractivity contribution in [2.75, 3.05) is 0 Å². The topological polar surface area (TPSA) is 50.9 Å². The summed E-state index contributed by atoms with van der Waals surface area (Å²) >= 11 is 6.88. The Kier molecular flexibility index (Phi) is 5.35. The van der Waals surface area contributed by atoms with Crippen molar-refractivity contribution < 1.29 is 5.11 Å². The fraction of sp³-hybridized carbons (Fsp3) is 0.429. The van der Waals surface area contributed by atoms with Crippen molar-refractivity contribution in [3.05, 3.63) is 44.9 Å². The minimum Gasteiger partial charge on any atom is -0.388 e. The number of aliphatic hydroxyl groups is 1. The van der Waals surface area contributed by atoms with Crippen LogP contribution in [0.4, 0.5) is 0 Å². The SMILES string of the molecule is CC(C)Cn1ncnc1CC(O)c1ccc(Br)cc1Br. The lowest BCUT2D eigenvalue weighted by molar-refractivity contribution is 0.172. The number of halogens is 2. The Morgan fingerprint density at radius 3 is 2.70 bits per heavy atom. The van der Waals surface area contributed by atoms with Gasteiger partial charge in [-0.05, 0) is 23.6 Å². The summed E-state index contributed by atoms with van der Waals surface area (Å²) in [5.74, 6) is 1.30. The summed E-state index contributed by atoms with van der Waals surface area (Å²) in [5.41, 5.74) is 0.854. The first-order valence-corrected chi connectivity index (χ1v) is 8.05. The molecule has 108 valence electrons. The van der Waals surface area contributed by atoms with E-state index >= 15 is 0 Å². The highest BCUT2D eigenvalue weighted by molar-refractivity contribution is 9.11. The Hall–Kier alpha value is -0.720. The van der Waals surface area contributed by atoms with E-state index in [1.807, 2.05) is 22.9 Å². The van der Waals surface area contributed by atoms with Crippen molar-refractivity contribution in [1.29, 1.82) is 0 Å². The third-order valence-corrected chi connectivity index (χ3v) is 4.11. The van der Waals surface area contributed by atoms with Crippen LogP contribution in [0.5, 0.6) is 0 Å². The maximum atomic E-state index is 10.4. The van der Waals surface area contributed by atoms with Crippen LogP contribution in [0, 0.1) is 5.92 Å². The van der Waals surface area contributed by atoms with Crippen LogP contribution in [0.25, 0.3) is 0 Å². The van der Waals surface area contributed by atoms with Gasteiger partial charge in [-0.2, -0.15) is 5.10 Å². The monoisotopic (exact) mass is 401 g/mol. The zero-order valence-corrected chi connectivity index (χ0v) is 14.6. The number of hydrogen-bond acceptors (Lipinski definition) is 3. The van der Waals surface area contributed by atoms with E-state index in [0.717, 1.165) is 26.9 Å². The molecule has 1 heterocycles. The first-order chi connectivity index (χ1) is 9.47. The van der Waals surface area contributed by atoms with Crippen LogP contribution in [0.2, 0.25) is 0 Å². The zero-order valence-electron chi connectivity index (χ0n) is 11.4. The first kappa shape index (κ1) is 15.7. The molecular formula is C14H17Br2N3O. The molecule has 4 nitrogen and oxygen atoms in total. The van der Waals surface area contributed by atoms with E-state index in [1.165, 1.54) is 0 Å². The molecule has 0 amide bonds. The summed E-state index contributed by atoms with van der Waals surface area (Å²) in [5, 5.41) is 14.6. The molecule has 2 aromatic rings. The Morgan fingerprint density at radius 1 is 1.30 bits per heavy atom. The molecule has 0 bridgehead atoms. The normalized spacial score (nSPS) is 12.9. The maximum absolute atomic E-state index is 10.4. The van der Waals surface area contributed by atoms with Crippen LogP contribution in [0.15, 0.2) is 33.5 Å². The number of aliphatic hydroxyl groups excluding tert-OH is 1. The van der Waals surface area contributed by atoms with Gasteiger partial charge in [0.25, 0.3) is 0 Å². The molecule has 1 atom stereocenters. The number of benzene rings is 1. The predicted molar refractivity (Wildman–Crippen MR) is 85.4 cm³/mol. The molecule has 0 fully saturated rings. The molecule has 0 aliphatic rings. The van der Waals surface area contributed by atoms with Gasteiger partial charge in [0.2, 0.25) is 0 Å². The maximum Gasteiger partial charge on any atom is 0.138 e. The van der Waals surface area contributed by atoms with Crippen molar-refractivity contribution in [2.45, 2.75) is 32.9 Å². The third-order valence-electron chi connectivity index (χ3n) is 2.93. The Morgan fingerprint density at radius 2 is 2.05 bits per heavy atom. The van der Waals surface area contributed by atoms with Gasteiger partial charge in [0, 0.05) is 21.9 Å². The average molecular weight is 403 g/mol. The van der Waals surface area contributed by atoms with Crippen LogP contribution in [-0.2, 0) is 13.0 Å². The first-order valence-electron chi connectivity index (χ1n) is 6.47. The smallest absolute Gasteiger partial charge is 0.138 e. The summed E-state index contributed by atoms with van der Waals surface area (Å²) in [6, 6.07) is 5.75. The Bertz CT molecular complexity index is 584. The number of nitrogens with zero attached hydrogens (tertiary/aromatic N) is 3. The number of rotatable bonds is 5. The quantitative estimate of drug-likeness (QED) is 0.828. The van der Waals surface area contributed by atoms with E-state index in [2.05, 4.69) is 55.8 Å². The molecule has 1 aromatic carbocycles. The van der Waals surface area contributed by atoms with Crippen molar-refractivity contribution >= 4 is 31.9 Å². The lowest BCUT2D eigenvalue weighted by atomic mass is 10.1. The highest BCUT2D eigenvalue weighted by atomic mass is 79.9.